The molecule has 0 saturated heterocycles. The van der Waals surface area contributed by atoms with Crippen molar-refractivity contribution < 1.29 is 15.3 Å². The molecule has 0 aliphatic heterocycles. The van der Waals surface area contributed by atoms with Crippen molar-refractivity contribution in [3.63, 3.8) is 0 Å². The second-order valence-electron chi connectivity index (χ2n) is 12.5. The monoisotopic (exact) mass is 472 g/mol. The molecule has 3 nitrogen and oxygen atoms in total. The van der Waals surface area contributed by atoms with Gasteiger partial charge in [0.1, 0.15) is 0 Å². The van der Waals surface area contributed by atoms with E-state index in [2.05, 4.69) is 53.3 Å². The third-order valence-electron chi connectivity index (χ3n) is 9.92. The molecule has 0 heterocycles. The van der Waals surface area contributed by atoms with E-state index in [1.54, 1.807) is 5.57 Å². The molecule has 3 heteroatoms. The maximum Gasteiger partial charge on any atom is 0.0811 e. The van der Waals surface area contributed by atoms with Crippen LogP contribution in [0.25, 0.3) is 0 Å². The van der Waals surface area contributed by atoms with Crippen LogP contribution in [0.5, 0.6) is 0 Å². The van der Waals surface area contributed by atoms with Gasteiger partial charge in [0.25, 0.3) is 0 Å². The Kier molecular flexibility index (Phi) is 9.68. The van der Waals surface area contributed by atoms with Gasteiger partial charge in [-0.3, -0.25) is 0 Å². The summed E-state index contributed by atoms with van der Waals surface area (Å²) < 4.78 is 0. The molecule has 0 aromatic heterocycles. The zero-order valence-corrected chi connectivity index (χ0v) is 22.6. The van der Waals surface area contributed by atoms with Crippen LogP contribution in [0.2, 0.25) is 0 Å². The van der Waals surface area contributed by atoms with Gasteiger partial charge in [-0.25, -0.2) is 0 Å². The fraction of sp³-hybridized carbons (Fsp3) is 0.806. The highest BCUT2D eigenvalue weighted by atomic mass is 16.3. The molecule has 0 unspecified atom stereocenters. The van der Waals surface area contributed by atoms with Crippen LogP contribution in [0.15, 0.2) is 35.5 Å². The Morgan fingerprint density at radius 2 is 1.88 bits per heavy atom. The second-order valence-corrected chi connectivity index (χ2v) is 12.5. The lowest BCUT2D eigenvalue weighted by molar-refractivity contribution is 0.0353. The predicted molar refractivity (Wildman–Crippen MR) is 142 cm³/mol. The Labute approximate surface area is 209 Å². The first kappa shape index (κ1) is 27.7. The average molecular weight is 473 g/mol. The lowest BCUT2D eigenvalue weighted by Gasteiger charge is -2.46. The van der Waals surface area contributed by atoms with Gasteiger partial charge in [0.05, 0.1) is 18.3 Å². The van der Waals surface area contributed by atoms with Gasteiger partial charge >= 0.3 is 0 Å². The maximum atomic E-state index is 10.7. The molecule has 0 aromatic rings. The Hall–Kier alpha value is -0.900. The molecule has 3 saturated carbocycles. The van der Waals surface area contributed by atoms with Gasteiger partial charge in [0, 0.05) is 6.42 Å². The van der Waals surface area contributed by atoms with Gasteiger partial charge < -0.3 is 15.3 Å². The van der Waals surface area contributed by atoms with E-state index in [0.29, 0.717) is 47.8 Å². The highest BCUT2D eigenvalue weighted by molar-refractivity contribution is 5.38. The molecule has 0 bridgehead atoms. The lowest BCUT2D eigenvalue weighted by atomic mass is 9.59. The molecule has 0 radical (unpaired) electrons. The highest BCUT2D eigenvalue weighted by Gasteiger charge is 2.51. The Morgan fingerprint density at radius 3 is 2.56 bits per heavy atom. The smallest absolute Gasteiger partial charge is 0.0811 e. The number of allylic oxidation sites excluding steroid dienone is 3. The van der Waals surface area contributed by atoms with Crippen LogP contribution in [0, 0.1) is 35.0 Å². The molecule has 0 spiro atoms. The molecule has 0 aromatic carbocycles. The van der Waals surface area contributed by atoms with Crippen LogP contribution in [0.1, 0.15) is 105 Å². The molecule has 3 rings (SSSR count). The number of fused-ring (bicyclic) bond motifs is 1. The van der Waals surface area contributed by atoms with Crippen LogP contribution in [-0.2, 0) is 0 Å². The third kappa shape index (κ3) is 6.08. The molecule has 8 atom stereocenters. The molecular formula is C31H52O3. The van der Waals surface area contributed by atoms with Crippen LogP contribution in [0.3, 0.4) is 0 Å². The number of hydrogen-bond donors (Lipinski definition) is 3. The summed E-state index contributed by atoms with van der Waals surface area (Å²) >= 11 is 0. The van der Waals surface area contributed by atoms with E-state index in [4.69, 9.17) is 0 Å². The van der Waals surface area contributed by atoms with Crippen molar-refractivity contribution in [2.24, 2.45) is 35.0 Å². The molecule has 0 amide bonds. The summed E-state index contributed by atoms with van der Waals surface area (Å²) in [4.78, 5) is 0. The first-order valence-electron chi connectivity index (χ1n) is 14.2. The Morgan fingerprint density at radius 1 is 1.15 bits per heavy atom. The minimum Gasteiger partial charge on any atom is -0.393 e. The van der Waals surface area contributed by atoms with E-state index in [9.17, 15) is 15.3 Å². The van der Waals surface area contributed by atoms with E-state index < -0.39 is 12.2 Å². The van der Waals surface area contributed by atoms with Gasteiger partial charge in [0.15, 0.2) is 0 Å². The van der Waals surface area contributed by atoms with Crippen molar-refractivity contribution in [2.75, 3.05) is 0 Å². The highest BCUT2D eigenvalue weighted by Crippen LogP contribution is 2.60. The first-order chi connectivity index (χ1) is 16.1. The lowest BCUT2D eigenvalue weighted by Crippen LogP contribution is -2.38. The molecule has 3 aliphatic carbocycles. The number of hydrogen-bond acceptors (Lipinski definition) is 3. The summed E-state index contributed by atoms with van der Waals surface area (Å²) in [5.74, 6) is 2.90. The zero-order valence-electron chi connectivity index (χ0n) is 22.6. The van der Waals surface area contributed by atoms with E-state index >= 15 is 0 Å². The van der Waals surface area contributed by atoms with Crippen molar-refractivity contribution in [1.82, 2.24) is 0 Å². The molecule has 194 valence electrons. The summed E-state index contributed by atoms with van der Waals surface area (Å²) in [6.45, 7) is 15.7. The van der Waals surface area contributed by atoms with E-state index in [-0.39, 0.29) is 6.10 Å². The largest absolute Gasteiger partial charge is 0.393 e. The minimum atomic E-state index is -0.622. The SMILES string of the molecule is C=C1/C(=C\C=C2/CCC[C@]3(C)[C@@H]([C@H](C)[C@@H](CCCC)C[C@H](O)C(C)C)CC[C@@H]23)C[C@@H](O)C[C@@H]1O. The van der Waals surface area contributed by atoms with Gasteiger partial charge in [-0.15, -0.1) is 0 Å². The topological polar surface area (TPSA) is 60.7 Å². The third-order valence-corrected chi connectivity index (χ3v) is 9.92. The number of aliphatic hydroxyl groups excluding tert-OH is 3. The summed E-state index contributed by atoms with van der Waals surface area (Å²) in [6, 6.07) is 0. The first-order valence-corrected chi connectivity index (χ1v) is 14.2. The molecule has 3 aliphatic rings. The normalized spacial score (nSPS) is 37.3. The molecule has 3 fully saturated rings. The van der Waals surface area contributed by atoms with Crippen LogP contribution in [0.4, 0.5) is 0 Å². The van der Waals surface area contributed by atoms with Gasteiger partial charge in [-0.05, 0) is 91.1 Å². The minimum absolute atomic E-state index is 0.197. The Balaban J connectivity index is 1.79. The fourth-order valence-electron chi connectivity index (χ4n) is 7.58. The van der Waals surface area contributed by atoms with Crippen molar-refractivity contribution in [3.05, 3.63) is 35.5 Å². The van der Waals surface area contributed by atoms with Crippen molar-refractivity contribution in [1.29, 1.82) is 0 Å². The molecule has 3 N–H and O–H groups in total. The van der Waals surface area contributed by atoms with E-state index in [1.165, 1.54) is 44.9 Å². The average Bonchev–Trinajstić information content (AvgIpc) is 3.14. The van der Waals surface area contributed by atoms with Crippen molar-refractivity contribution >= 4 is 0 Å². The van der Waals surface area contributed by atoms with E-state index in [0.717, 1.165) is 24.0 Å². The zero-order chi connectivity index (χ0) is 25.0. The van der Waals surface area contributed by atoms with E-state index in [1.807, 2.05) is 0 Å². The quantitative estimate of drug-likeness (QED) is 0.339. The maximum absolute atomic E-state index is 10.7. The number of rotatable bonds is 9. The number of unbranched alkanes of at least 4 members (excludes halogenated alkanes) is 1. The van der Waals surface area contributed by atoms with Crippen molar-refractivity contribution in [3.8, 4) is 0 Å². The van der Waals surface area contributed by atoms with Crippen molar-refractivity contribution in [2.45, 2.75) is 124 Å². The summed E-state index contributed by atoms with van der Waals surface area (Å²) in [5, 5.41) is 31.1. The number of aliphatic hydroxyl groups is 3. The summed E-state index contributed by atoms with van der Waals surface area (Å²) in [6.07, 6.45) is 15.1. The standard InChI is InChI=1S/C31H52O3/c1-7-8-10-24(18-29(33)20(2)3)21(4)27-14-15-28-23(11-9-16-31(27,28)6)12-13-25-17-26(32)19-30(34)22(25)5/h12-13,20-21,24,26-30,32-34H,5,7-11,14-19H2,1-4,6H3/b23-12+,25-13-/t21-,24+,26-,27-,28+,29+,30+,31-/m1/s1. The van der Waals surface area contributed by atoms with Crippen LogP contribution >= 0.6 is 0 Å². The van der Waals surface area contributed by atoms with Gasteiger partial charge in [-0.1, -0.05) is 78.2 Å². The predicted octanol–water partition coefficient (Wildman–Crippen LogP) is 6.98. The Bertz CT molecular complexity index is 750. The molecule has 34 heavy (non-hydrogen) atoms. The second kappa shape index (κ2) is 11.9. The summed E-state index contributed by atoms with van der Waals surface area (Å²) in [7, 11) is 0. The van der Waals surface area contributed by atoms with Crippen LogP contribution < -0.4 is 0 Å². The summed E-state index contributed by atoms with van der Waals surface area (Å²) in [5.41, 5.74) is 3.68. The fourth-order valence-corrected chi connectivity index (χ4v) is 7.58. The van der Waals surface area contributed by atoms with Gasteiger partial charge in [0.2, 0.25) is 0 Å². The molecular weight excluding hydrogens is 420 g/mol. The van der Waals surface area contributed by atoms with Crippen LogP contribution in [-0.4, -0.2) is 33.6 Å². The van der Waals surface area contributed by atoms with Gasteiger partial charge in [-0.2, -0.15) is 0 Å².